The Labute approximate surface area is 137 Å². The molecule has 5 heteroatoms. The maximum atomic E-state index is 11.8. The van der Waals surface area contributed by atoms with E-state index in [1.54, 1.807) is 12.2 Å². The van der Waals surface area contributed by atoms with E-state index in [2.05, 4.69) is 17.1 Å². The van der Waals surface area contributed by atoms with Crippen molar-refractivity contribution in [2.45, 2.75) is 6.92 Å². The molecule has 1 atom stereocenters. The predicted molar refractivity (Wildman–Crippen MR) is 89.9 cm³/mol. The average molecular weight is 323 g/mol. The maximum absolute atomic E-state index is 11.8. The lowest BCUT2D eigenvalue weighted by Gasteiger charge is -2.29. The van der Waals surface area contributed by atoms with Crippen LogP contribution in [0.2, 0.25) is 5.02 Å². The summed E-state index contributed by atoms with van der Waals surface area (Å²) in [6.45, 7) is 7.40. The Kier molecular flexibility index (Phi) is 6.90. The number of carbonyl (C=O) groups excluding carboxylic acids is 1. The summed E-state index contributed by atoms with van der Waals surface area (Å²) in [5.41, 5.74) is 0.959. The van der Waals surface area contributed by atoms with Crippen LogP contribution in [0.15, 0.2) is 30.3 Å². The first kappa shape index (κ1) is 17.0. The van der Waals surface area contributed by atoms with Crippen molar-refractivity contribution in [1.29, 1.82) is 0 Å². The minimum Gasteiger partial charge on any atom is -0.379 e. The number of benzene rings is 1. The SMILES string of the molecule is CC(CNC(=O)/C=C/c1ccc(Cl)cc1)CN1CCOCC1. The Morgan fingerprint density at radius 1 is 1.36 bits per heavy atom. The van der Waals surface area contributed by atoms with Gasteiger partial charge in [-0.05, 0) is 29.7 Å². The fourth-order valence-electron chi connectivity index (χ4n) is 2.37. The van der Waals surface area contributed by atoms with Crippen molar-refractivity contribution in [2.24, 2.45) is 5.92 Å². The van der Waals surface area contributed by atoms with E-state index in [4.69, 9.17) is 16.3 Å². The number of halogens is 1. The molecule has 0 spiro atoms. The molecular formula is C17H23ClN2O2. The van der Waals surface area contributed by atoms with E-state index in [1.807, 2.05) is 24.3 Å². The molecule has 1 aromatic carbocycles. The van der Waals surface area contributed by atoms with Crippen molar-refractivity contribution in [1.82, 2.24) is 10.2 Å². The number of morpholine rings is 1. The van der Waals surface area contributed by atoms with Gasteiger partial charge in [0.1, 0.15) is 0 Å². The Morgan fingerprint density at radius 2 is 2.05 bits per heavy atom. The molecule has 1 amide bonds. The molecule has 2 rings (SSSR count). The van der Waals surface area contributed by atoms with Gasteiger partial charge >= 0.3 is 0 Å². The molecule has 1 saturated heterocycles. The molecule has 1 aliphatic rings. The summed E-state index contributed by atoms with van der Waals surface area (Å²) in [7, 11) is 0. The van der Waals surface area contributed by atoms with Crippen molar-refractivity contribution in [2.75, 3.05) is 39.4 Å². The average Bonchev–Trinajstić information content (AvgIpc) is 2.53. The second-order valence-corrected chi connectivity index (χ2v) is 6.08. The second-order valence-electron chi connectivity index (χ2n) is 5.65. The lowest BCUT2D eigenvalue weighted by atomic mass is 10.1. The van der Waals surface area contributed by atoms with Crippen LogP contribution in [0, 0.1) is 5.92 Å². The van der Waals surface area contributed by atoms with E-state index in [0.717, 1.165) is 38.4 Å². The molecule has 0 aromatic heterocycles. The third kappa shape index (κ3) is 6.18. The number of hydrogen-bond acceptors (Lipinski definition) is 3. The van der Waals surface area contributed by atoms with Gasteiger partial charge in [0.15, 0.2) is 0 Å². The van der Waals surface area contributed by atoms with E-state index in [0.29, 0.717) is 17.5 Å². The van der Waals surface area contributed by atoms with Crippen LogP contribution >= 0.6 is 11.6 Å². The number of nitrogens with one attached hydrogen (secondary N) is 1. The van der Waals surface area contributed by atoms with Crippen molar-refractivity contribution < 1.29 is 9.53 Å². The number of carbonyl (C=O) groups is 1. The highest BCUT2D eigenvalue weighted by atomic mass is 35.5. The predicted octanol–water partition coefficient (Wildman–Crippen LogP) is 2.44. The molecule has 120 valence electrons. The molecule has 4 nitrogen and oxygen atoms in total. The Hall–Kier alpha value is -1.36. The topological polar surface area (TPSA) is 41.6 Å². The zero-order valence-electron chi connectivity index (χ0n) is 12.9. The summed E-state index contributed by atoms with van der Waals surface area (Å²) in [5, 5.41) is 3.64. The normalized spacial score (nSPS) is 17.5. The minimum absolute atomic E-state index is 0.0659. The molecule has 0 aliphatic carbocycles. The highest BCUT2D eigenvalue weighted by Crippen LogP contribution is 2.10. The van der Waals surface area contributed by atoms with Crippen molar-refractivity contribution >= 4 is 23.6 Å². The van der Waals surface area contributed by atoms with E-state index < -0.39 is 0 Å². The molecule has 1 fully saturated rings. The van der Waals surface area contributed by atoms with Gasteiger partial charge in [-0.25, -0.2) is 0 Å². The van der Waals surface area contributed by atoms with Gasteiger partial charge in [-0.1, -0.05) is 30.7 Å². The van der Waals surface area contributed by atoms with E-state index in [9.17, 15) is 4.79 Å². The largest absolute Gasteiger partial charge is 0.379 e. The molecule has 1 heterocycles. The third-order valence-electron chi connectivity index (χ3n) is 3.60. The first-order chi connectivity index (χ1) is 10.6. The van der Waals surface area contributed by atoms with Crippen LogP contribution in [0.5, 0.6) is 0 Å². The number of rotatable bonds is 6. The highest BCUT2D eigenvalue weighted by Gasteiger charge is 2.13. The summed E-state index contributed by atoms with van der Waals surface area (Å²) >= 11 is 5.82. The van der Waals surface area contributed by atoms with E-state index >= 15 is 0 Å². The standard InChI is InChI=1S/C17H23ClN2O2/c1-14(13-20-8-10-22-11-9-20)12-19-17(21)7-4-15-2-5-16(18)6-3-15/h2-7,14H,8-13H2,1H3,(H,19,21)/b7-4+. The fraction of sp³-hybridized carbons (Fsp3) is 0.471. The number of hydrogen-bond donors (Lipinski definition) is 1. The molecule has 1 unspecified atom stereocenters. The quantitative estimate of drug-likeness (QED) is 0.818. The summed E-state index contributed by atoms with van der Waals surface area (Å²) in [6.07, 6.45) is 3.35. The molecule has 22 heavy (non-hydrogen) atoms. The fourth-order valence-corrected chi connectivity index (χ4v) is 2.49. The summed E-state index contributed by atoms with van der Waals surface area (Å²) in [6, 6.07) is 7.38. The number of nitrogens with zero attached hydrogens (tertiary/aromatic N) is 1. The zero-order chi connectivity index (χ0) is 15.8. The van der Waals surface area contributed by atoms with E-state index in [-0.39, 0.29) is 5.91 Å². The van der Waals surface area contributed by atoms with Crippen LogP contribution in [0.25, 0.3) is 6.08 Å². The van der Waals surface area contributed by atoms with Gasteiger partial charge in [0.05, 0.1) is 13.2 Å². The molecular weight excluding hydrogens is 300 g/mol. The molecule has 1 N–H and O–H groups in total. The maximum Gasteiger partial charge on any atom is 0.244 e. The summed E-state index contributed by atoms with van der Waals surface area (Å²) in [5.74, 6) is 0.356. The summed E-state index contributed by atoms with van der Waals surface area (Å²) < 4.78 is 5.33. The third-order valence-corrected chi connectivity index (χ3v) is 3.85. The summed E-state index contributed by atoms with van der Waals surface area (Å²) in [4.78, 5) is 14.2. The Morgan fingerprint density at radius 3 is 2.73 bits per heavy atom. The van der Waals surface area contributed by atoms with Crippen LogP contribution in [-0.2, 0) is 9.53 Å². The number of ether oxygens (including phenoxy) is 1. The zero-order valence-corrected chi connectivity index (χ0v) is 13.7. The van der Waals surface area contributed by atoms with Gasteiger partial charge in [0.25, 0.3) is 0 Å². The molecule has 1 aromatic rings. The van der Waals surface area contributed by atoms with Crippen LogP contribution in [-0.4, -0.2) is 50.2 Å². The van der Waals surface area contributed by atoms with E-state index in [1.165, 1.54) is 0 Å². The first-order valence-corrected chi connectivity index (χ1v) is 8.03. The van der Waals surface area contributed by atoms with Gasteiger partial charge < -0.3 is 10.1 Å². The monoisotopic (exact) mass is 322 g/mol. The molecule has 0 saturated carbocycles. The smallest absolute Gasteiger partial charge is 0.244 e. The molecule has 0 radical (unpaired) electrons. The number of amides is 1. The van der Waals surface area contributed by atoms with Crippen molar-refractivity contribution in [3.8, 4) is 0 Å². The Bertz CT molecular complexity index is 496. The van der Waals surface area contributed by atoms with Crippen LogP contribution < -0.4 is 5.32 Å². The Balaban J connectivity index is 1.69. The first-order valence-electron chi connectivity index (χ1n) is 7.65. The van der Waals surface area contributed by atoms with Gasteiger partial charge in [-0.15, -0.1) is 0 Å². The molecule has 1 aliphatic heterocycles. The van der Waals surface area contributed by atoms with Gasteiger partial charge in [-0.3, -0.25) is 9.69 Å². The molecule has 0 bridgehead atoms. The minimum atomic E-state index is -0.0659. The second kappa shape index (κ2) is 8.93. The van der Waals surface area contributed by atoms with Crippen molar-refractivity contribution in [3.63, 3.8) is 0 Å². The van der Waals surface area contributed by atoms with Crippen molar-refractivity contribution in [3.05, 3.63) is 40.9 Å². The lowest BCUT2D eigenvalue weighted by molar-refractivity contribution is -0.116. The van der Waals surface area contributed by atoms with Gasteiger partial charge in [-0.2, -0.15) is 0 Å². The lowest BCUT2D eigenvalue weighted by Crippen LogP contribution is -2.41. The van der Waals surface area contributed by atoms with Crippen LogP contribution in [0.4, 0.5) is 0 Å². The van der Waals surface area contributed by atoms with Crippen LogP contribution in [0.3, 0.4) is 0 Å². The highest BCUT2D eigenvalue weighted by molar-refractivity contribution is 6.30. The van der Waals surface area contributed by atoms with Gasteiger partial charge in [0, 0.05) is 37.3 Å². The van der Waals surface area contributed by atoms with Crippen LogP contribution in [0.1, 0.15) is 12.5 Å². The van der Waals surface area contributed by atoms with Gasteiger partial charge in [0.2, 0.25) is 5.91 Å².